The Morgan fingerprint density at radius 3 is 2.24 bits per heavy atom. The van der Waals surface area contributed by atoms with Crippen LogP contribution in [-0.4, -0.2) is 73.9 Å². The number of hydrogen-bond donors (Lipinski definition) is 1. The number of piperidine rings is 1. The van der Waals surface area contributed by atoms with Crippen molar-refractivity contribution < 1.29 is 24.3 Å². The number of aryl methyl sites for hydroxylation is 1. The number of rotatable bonds is 4. The highest BCUT2D eigenvalue weighted by Crippen LogP contribution is 2.38. The molecule has 9 nitrogen and oxygen atoms in total. The molecular formula is C24H30N4O5. The van der Waals surface area contributed by atoms with Crippen molar-refractivity contribution in [3.05, 3.63) is 59.4 Å². The Bertz CT molecular complexity index is 1020. The van der Waals surface area contributed by atoms with Crippen molar-refractivity contribution in [3.8, 4) is 0 Å². The molecule has 3 heterocycles. The predicted molar refractivity (Wildman–Crippen MR) is 121 cm³/mol. The lowest BCUT2D eigenvalue weighted by Gasteiger charge is -2.42. The number of urea groups is 1. The van der Waals surface area contributed by atoms with Crippen molar-refractivity contribution in [2.45, 2.75) is 38.8 Å². The molecular weight excluding hydrogens is 424 g/mol. The number of carbonyl (C=O) groups excluding carboxylic acids is 3. The average Bonchev–Trinajstić information content (AvgIpc) is 3.24. The number of likely N-dealkylation sites (tertiary alicyclic amines) is 1. The maximum absolute atomic E-state index is 13.3. The molecule has 2 aliphatic heterocycles. The zero-order valence-corrected chi connectivity index (χ0v) is 19.2. The second-order valence-electron chi connectivity index (χ2n) is 8.26. The highest BCUT2D eigenvalue weighted by Gasteiger charge is 2.57. The number of likely N-dealkylation sites (N-methyl/N-ethyl adjacent to an activating group) is 1. The van der Waals surface area contributed by atoms with E-state index in [1.165, 1.54) is 4.90 Å². The van der Waals surface area contributed by atoms with E-state index < -0.39 is 5.54 Å². The molecule has 2 fully saturated rings. The van der Waals surface area contributed by atoms with Crippen molar-refractivity contribution in [1.29, 1.82) is 0 Å². The van der Waals surface area contributed by atoms with E-state index >= 15 is 0 Å². The van der Waals surface area contributed by atoms with Crippen LogP contribution in [0, 0.1) is 6.92 Å². The number of aromatic nitrogens is 1. The van der Waals surface area contributed by atoms with Gasteiger partial charge in [-0.3, -0.25) is 19.3 Å². The van der Waals surface area contributed by atoms with Crippen LogP contribution < -0.4 is 0 Å². The summed E-state index contributed by atoms with van der Waals surface area (Å²) < 4.78 is 1.93. The van der Waals surface area contributed by atoms with Gasteiger partial charge in [-0.05, 0) is 38.3 Å². The van der Waals surface area contributed by atoms with Crippen LogP contribution in [0.5, 0.6) is 0 Å². The number of imide groups is 1. The number of nitrogens with zero attached hydrogens (tertiary/aromatic N) is 4. The monoisotopic (exact) mass is 454 g/mol. The summed E-state index contributed by atoms with van der Waals surface area (Å²) >= 11 is 0. The van der Waals surface area contributed by atoms with Crippen LogP contribution in [0.1, 0.15) is 41.4 Å². The first-order chi connectivity index (χ1) is 15.8. The number of carbonyl (C=O) groups is 4. The van der Waals surface area contributed by atoms with Gasteiger partial charge >= 0.3 is 6.03 Å². The van der Waals surface area contributed by atoms with Gasteiger partial charge in [0.2, 0.25) is 0 Å². The molecule has 1 aromatic carbocycles. The number of carboxylic acid groups (broad SMARTS) is 1. The van der Waals surface area contributed by atoms with Gasteiger partial charge in [-0.1, -0.05) is 30.3 Å². The molecule has 0 radical (unpaired) electrons. The van der Waals surface area contributed by atoms with Gasteiger partial charge in [-0.15, -0.1) is 0 Å². The Labute approximate surface area is 193 Å². The SMILES string of the molecule is CCN1C(=O)N(Cc2ccccc2)C2(CCN(C(=O)c3ccn(C)c3C)CC2)C1=O.O=CO. The minimum atomic E-state index is -0.870. The van der Waals surface area contributed by atoms with Gasteiger partial charge in [0.05, 0.1) is 5.56 Å². The van der Waals surface area contributed by atoms with Gasteiger partial charge in [0.15, 0.2) is 0 Å². The lowest BCUT2D eigenvalue weighted by atomic mass is 9.85. The van der Waals surface area contributed by atoms with Crippen LogP contribution in [0.2, 0.25) is 0 Å². The number of hydrogen-bond acceptors (Lipinski definition) is 4. The molecule has 2 aliphatic rings. The van der Waals surface area contributed by atoms with E-state index in [0.29, 0.717) is 44.6 Å². The van der Waals surface area contributed by atoms with Gasteiger partial charge in [0.25, 0.3) is 18.3 Å². The molecule has 33 heavy (non-hydrogen) atoms. The first kappa shape index (κ1) is 24.0. The van der Waals surface area contributed by atoms with Crippen LogP contribution in [-0.2, 0) is 23.2 Å². The van der Waals surface area contributed by atoms with Gasteiger partial charge in [-0.25, -0.2) is 4.79 Å². The molecule has 1 aromatic heterocycles. The molecule has 2 aromatic rings. The summed E-state index contributed by atoms with van der Waals surface area (Å²) in [5.41, 5.74) is 1.74. The second kappa shape index (κ2) is 9.89. The predicted octanol–water partition coefficient (Wildman–Crippen LogP) is 2.49. The number of amides is 4. The molecule has 9 heteroatoms. The van der Waals surface area contributed by atoms with Gasteiger partial charge in [-0.2, -0.15) is 0 Å². The van der Waals surface area contributed by atoms with Crippen LogP contribution in [0.25, 0.3) is 0 Å². The Morgan fingerprint density at radius 1 is 1.12 bits per heavy atom. The zero-order chi connectivity index (χ0) is 24.2. The molecule has 0 bridgehead atoms. The van der Waals surface area contributed by atoms with E-state index in [-0.39, 0.29) is 24.3 Å². The molecule has 0 unspecified atom stereocenters. The third-order valence-electron chi connectivity index (χ3n) is 6.61. The van der Waals surface area contributed by atoms with Gasteiger partial charge < -0.3 is 19.5 Å². The summed E-state index contributed by atoms with van der Waals surface area (Å²) in [5.74, 6) is -0.143. The zero-order valence-electron chi connectivity index (χ0n) is 19.2. The maximum Gasteiger partial charge on any atom is 0.327 e. The topological polar surface area (TPSA) is 103 Å². The molecule has 4 rings (SSSR count). The van der Waals surface area contributed by atoms with Crippen LogP contribution >= 0.6 is 0 Å². The summed E-state index contributed by atoms with van der Waals surface area (Å²) in [6, 6.07) is 11.4. The lowest BCUT2D eigenvalue weighted by molar-refractivity contribution is -0.135. The average molecular weight is 455 g/mol. The molecule has 4 amide bonds. The molecule has 1 spiro atoms. The third-order valence-corrected chi connectivity index (χ3v) is 6.61. The minimum absolute atomic E-state index is 0.0123. The molecule has 176 valence electrons. The van der Waals surface area contributed by atoms with Crippen molar-refractivity contribution in [3.63, 3.8) is 0 Å². The Balaban J connectivity index is 0.000000968. The first-order valence-corrected chi connectivity index (χ1v) is 11.0. The number of benzene rings is 1. The van der Waals surface area contributed by atoms with Gasteiger partial charge in [0.1, 0.15) is 5.54 Å². The fourth-order valence-electron chi connectivity index (χ4n) is 4.61. The van der Waals surface area contributed by atoms with Crippen molar-refractivity contribution >= 4 is 24.3 Å². The van der Waals surface area contributed by atoms with E-state index in [2.05, 4.69) is 0 Å². The van der Waals surface area contributed by atoms with Crippen LogP contribution in [0.15, 0.2) is 42.6 Å². The van der Waals surface area contributed by atoms with Crippen LogP contribution in [0.4, 0.5) is 4.79 Å². The first-order valence-electron chi connectivity index (χ1n) is 11.0. The van der Waals surface area contributed by atoms with E-state index in [1.807, 2.05) is 68.1 Å². The van der Waals surface area contributed by atoms with Crippen molar-refractivity contribution in [2.75, 3.05) is 19.6 Å². The molecule has 2 saturated heterocycles. The highest BCUT2D eigenvalue weighted by atomic mass is 16.3. The standard InChI is InChI=1S/C23H28N4O3.CH2O2/c1-4-26-21(29)23(27(22(26)30)16-18-8-6-5-7-9-18)11-14-25(15-12-23)20(28)19-10-13-24(3)17(19)2;2-1-3/h5-10,13H,4,11-12,14-16H2,1-3H3;1H,(H,2,3). The van der Waals surface area contributed by atoms with Crippen molar-refractivity contribution in [1.82, 2.24) is 19.3 Å². The minimum Gasteiger partial charge on any atom is -0.483 e. The normalized spacial score (nSPS) is 17.2. The quantitative estimate of drug-likeness (QED) is 0.565. The van der Waals surface area contributed by atoms with E-state index in [9.17, 15) is 14.4 Å². The molecule has 0 saturated carbocycles. The fraction of sp³-hybridized carbons (Fsp3) is 0.417. The molecule has 0 aliphatic carbocycles. The summed E-state index contributed by atoms with van der Waals surface area (Å²) in [7, 11) is 1.92. The van der Waals surface area contributed by atoms with E-state index in [0.717, 1.165) is 11.3 Å². The van der Waals surface area contributed by atoms with Crippen molar-refractivity contribution in [2.24, 2.45) is 7.05 Å². The molecule has 1 N–H and O–H groups in total. The summed E-state index contributed by atoms with van der Waals surface area (Å²) in [4.78, 5) is 52.6. The van der Waals surface area contributed by atoms with Gasteiger partial charge in [0, 0.05) is 45.1 Å². The highest BCUT2D eigenvalue weighted by molar-refractivity contribution is 6.07. The van der Waals surface area contributed by atoms with E-state index in [1.54, 1.807) is 9.80 Å². The largest absolute Gasteiger partial charge is 0.483 e. The Morgan fingerprint density at radius 2 is 1.73 bits per heavy atom. The van der Waals surface area contributed by atoms with E-state index in [4.69, 9.17) is 9.90 Å². The fourth-order valence-corrected chi connectivity index (χ4v) is 4.61. The Kier molecular flexibility index (Phi) is 7.20. The Hall–Kier alpha value is -3.62. The second-order valence-corrected chi connectivity index (χ2v) is 8.26. The summed E-state index contributed by atoms with van der Waals surface area (Å²) in [6.45, 7) is 5.17. The maximum atomic E-state index is 13.3. The van der Waals surface area contributed by atoms with Crippen LogP contribution in [0.3, 0.4) is 0 Å². The molecule has 0 atom stereocenters. The third kappa shape index (κ3) is 4.35. The summed E-state index contributed by atoms with van der Waals surface area (Å²) in [6.07, 6.45) is 2.80. The summed E-state index contributed by atoms with van der Waals surface area (Å²) in [5, 5.41) is 6.89. The smallest absolute Gasteiger partial charge is 0.327 e. The lowest BCUT2D eigenvalue weighted by Crippen LogP contribution is -2.57.